The fourth-order valence-electron chi connectivity index (χ4n) is 2.49. The van der Waals surface area contributed by atoms with Gasteiger partial charge in [-0.1, -0.05) is 20.8 Å². The van der Waals surface area contributed by atoms with Gasteiger partial charge in [-0.3, -0.25) is 9.59 Å². The molecule has 2 amide bonds. The highest BCUT2D eigenvalue weighted by atomic mass is 32.1. The smallest absolute Gasteiger partial charge is 0.251 e. The first-order valence-electron chi connectivity index (χ1n) is 7.35. The molecule has 1 aliphatic rings. The van der Waals surface area contributed by atoms with Crippen molar-refractivity contribution in [2.24, 2.45) is 17.6 Å². The Balaban J connectivity index is 2.22. The molecule has 4 N–H and O–H groups in total. The number of hydrogen-bond acceptors (Lipinski definition) is 4. The first-order valence-corrected chi connectivity index (χ1v) is 8.58. The van der Waals surface area contributed by atoms with Gasteiger partial charge in [0.2, 0.25) is 5.91 Å². The van der Waals surface area contributed by atoms with Crippen molar-refractivity contribution >= 4 is 45.5 Å². The van der Waals surface area contributed by atoms with Crippen molar-refractivity contribution < 1.29 is 9.59 Å². The van der Waals surface area contributed by atoms with Crippen LogP contribution < -0.4 is 16.4 Å². The van der Waals surface area contributed by atoms with Gasteiger partial charge >= 0.3 is 0 Å². The summed E-state index contributed by atoms with van der Waals surface area (Å²) in [6.45, 7) is 5.78. The van der Waals surface area contributed by atoms with Crippen LogP contribution in [0.2, 0.25) is 0 Å². The Hall–Kier alpha value is -1.47. The van der Waals surface area contributed by atoms with Gasteiger partial charge in [0, 0.05) is 10.8 Å². The largest absolute Gasteiger partial charge is 0.365 e. The number of amides is 2. The molecule has 1 heterocycles. The number of anilines is 1. The van der Waals surface area contributed by atoms with E-state index in [1.165, 1.54) is 16.2 Å². The Morgan fingerprint density at radius 2 is 2.09 bits per heavy atom. The molecule has 0 saturated heterocycles. The van der Waals surface area contributed by atoms with Crippen molar-refractivity contribution in [1.29, 1.82) is 0 Å². The van der Waals surface area contributed by atoms with E-state index >= 15 is 0 Å². The number of rotatable bonds is 3. The minimum atomic E-state index is -0.451. The van der Waals surface area contributed by atoms with Crippen molar-refractivity contribution in [1.82, 2.24) is 5.32 Å². The number of nitrogens with two attached hydrogens (primary N) is 1. The van der Waals surface area contributed by atoms with Gasteiger partial charge in [-0.15, -0.1) is 11.3 Å². The number of primary amides is 1. The van der Waals surface area contributed by atoms with E-state index in [1.54, 1.807) is 13.8 Å². The highest BCUT2D eigenvalue weighted by molar-refractivity contribution is 7.80. The number of thiophene rings is 1. The fraction of sp³-hybridized carbons (Fsp3) is 0.533. The SMILES string of the molecule is CC1CCc2c(sc(NC(=S)NC(=O)C(C)C)c2C(N)=O)C1. The lowest BCUT2D eigenvalue weighted by Crippen LogP contribution is -2.36. The third-order valence-electron chi connectivity index (χ3n) is 3.75. The predicted molar refractivity (Wildman–Crippen MR) is 93.2 cm³/mol. The second-order valence-electron chi connectivity index (χ2n) is 6.02. The van der Waals surface area contributed by atoms with Crippen LogP contribution in [0.15, 0.2) is 0 Å². The van der Waals surface area contributed by atoms with Crippen molar-refractivity contribution in [3.8, 4) is 0 Å². The summed E-state index contributed by atoms with van der Waals surface area (Å²) >= 11 is 6.66. The number of carbonyl (C=O) groups excluding carboxylic acids is 2. The first kappa shape index (κ1) is 16.9. The summed E-state index contributed by atoms with van der Waals surface area (Å²) in [5, 5.41) is 6.43. The maximum absolute atomic E-state index is 11.8. The Kier molecular flexibility index (Phi) is 5.18. The third-order valence-corrected chi connectivity index (χ3v) is 5.12. The van der Waals surface area contributed by atoms with E-state index in [1.807, 2.05) is 0 Å². The van der Waals surface area contributed by atoms with Crippen LogP contribution in [0.4, 0.5) is 5.00 Å². The fourth-order valence-corrected chi connectivity index (χ4v) is 4.18. The highest BCUT2D eigenvalue weighted by Gasteiger charge is 2.27. The van der Waals surface area contributed by atoms with E-state index in [0.29, 0.717) is 16.5 Å². The van der Waals surface area contributed by atoms with Crippen LogP contribution in [0.25, 0.3) is 0 Å². The Bertz CT molecular complexity index is 623. The zero-order chi connectivity index (χ0) is 16.4. The van der Waals surface area contributed by atoms with Gasteiger partial charge in [-0.05, 0) is 43.0 Å². The standard InChI is InChI=1S/C15H21N3O2S2/c1-7(2)13(20)17-15(21)18-14-11(12(16)19)9-5-4-8(3)6-10(9)22-14/h7-8H,4-6H2,1-3H3,(H2,16,19)(H2,17,18,20,21). The van der Waals surface area contributed by atoms with Gasteiger partial charge in [0.15, 0.2) is 5.11 Å². The molecule has 0 radical (unpaired) electrons. The molecule has 1 unspecified atom stereocenters. The third kappa shape index (κ3) is 3.64. The topological polar surface area (TPSA) is 84.2 Å². The molecule has 5 nitrogen and oxygen atoms in total. The molecule has 22 heavy (non-hydrogen) atoms. The van der Waals surface area contributed by atoms with Crippen LogP contribution in [-0.4, -0.2) is 16.9 Å². The van der Waals surface area contributed by atoms with Crippen molar-refractivity contribution in [3.05, 3.63) is 16.0 Å². The first-order chi connectivity index (χ1) is 10.3. The monoisotopic (exact) mass is 339 g/mol. The zero-order valence-corrected chi connectivity index (χ0v) is 14.6. The van der Waals surface area contributed by atoms with Crippen LogP contribution in [-0.2, 0) is 17.6 Å². The molecule has 1 aromatic rings. The number of fused-ring (bicyclic) bond motifs is 1. The second-order valence-corrected chi connectivity index (χ2v) is 7.53. The lowest BCUT2D eigenvalue weighted by molar-refractivity contribution is -0.122. The van der Waals surface area contributed by atoms with E-state index in [4.69, 9.17) is 18.0 Å². The van der Waals surface area contributed by atoms with Gasteiger partial charge in [0.05, 0.1) is 5.56 Å². The summed E-state index contributed by atoms with van der Waals surface area (Å²) in [6.07, 6.45) is 2.86. The molecular formula is C15H21N3O2S2. The summed E-state index contributed by atoms with van der Waals surface area (Å²) in [5.41, 5.74) is 7.10. The number of nitrogens with one attached hydrogen (secondary N) is 2. The summed E-state index contributed by atoms with van der Waals surface area (Å²) in [4.78, 5) is 24.7. The van der Waals surface area contributed by atoms with E-state index in [2.05, 4.69) is 17.6 Å². The van der Waals surface area contributed by atoms with Crippen molar-refractivity contribution in [2.75, 3.05) is 5.32 Å². The minimum absolute atomic E-state index is 0.159. The molecular weight excluding hydrogens is 318 g/mol. The molecule has 0 spiro atoms. The molecule has 1 aliphatic carbocycles. The molecule has 0 aliphatic heterocycles. The zero-order valence-electron chi connectivity index (χ0n) is 13.0. The lowest BCUT2D eigenvalue weighted by Gasteiger charge is -2.18. The molecule has 7 heteroatoms. The molecule has 0 fully saturated rings. The highest BCUT2D eigenvalue weighted by Crippen LogP contribution is 2.39. The van der Waals surface area contributed by atoms with Crippen molar-refractivity contribution in [3.63, 3.8) is 0 Å². The van der Waals surface area contributed by atoms with Gasteiger partial charge < -0.3 is 16.4 Å². The lowest BCUT2D eigenvalue weighted by atomic mass is 9.88. The minimum Gasteiger partial charge on any atom is -0.365 e. The van der Waals surface area contributed by atoms with E-state index in [-0.39, 0.29) is 16.9 Å². The molecule has 120 valence electrons. The molecule has 0 aromatic carbocycles. The van der Waals surface area contributed by atoms with Gasteiger partial charge in [0.1, 0.15) is 5.00 Å². The Morgan fingerprint density at radius 1 is 1.41 bits per heavy atom. The average Bonchev–Trinajstić information content (AvgIpc) is 2.74. The van der Waals surface area contributed by atoms with Crippen LogP contribution >= 0.6 is 23.6 Å². The van der Waals surface area contributed by atoms with E-state index in [0.717, 1.165) is 24.8 Å². The average molecular weight is 339 g/mol. The molecule has 2 rings (SSSR count). The number of carbonyl (C=O) groups is 2. The van der Waals surface area contributed by atoms with Crippen LogP contribution in [0, 0.1) is 11.8 Å². The van der Waals surface area contributed by atoms with Crippen LogP contribution in [0.3, 0.4) is 0 Å². The maximum Gasteiger partial charge on any atom is 0.251 e. The molecule has 0 bridgehead atoms. The van der Waals surface area contributed by atoms with Crippen molar-refractivity contribution in [2.45, 2.75) is 40.0 Å². The summed E-state index contributed by atoms with van der Waals surface area (Å²) in [6, 6.07) is 0. The molecule has 1 aromatic heterocycles. The summed E-state index contributed by atoms with van der Waals surface area (Å²) in [5.74, 6) is -0.166. The number of hydrogen-bond donors (Lipinski definition) is 3. The quantitative estimate of drug-likeness (QED) is 0.739. The summed E-state index contributed by atoms with van der Waals surface area (Å²) < 4.78 is 0. The van der Waals surface area contributed by atoms with Crippen LogP contribution in [0.1, 0.15) is 48.0 Å². The Morgan fingerprint density at radius 3 is 2.68 bits per heavy atom. The second kappa shape index (κ2) is 6.75. The van der Waals surface area contributed by atoms with Gasteiger partial charge in [-0.25, -0.2) is 0 Å². The summed E-state index contributed by atoms with van der Waals surface area (Å²) in [7, 11) is 0. The predicted octanol–water partition coefficient (Wildman–Crippen LogP) is 2.44. The molecule has 1 atom stereocenters. The Labute approximate surface area is 139 Å². The molecule has 0 saturated carbocycles. The van der Waals surface area contributed by atoms with Crippen LogP contribution in [0.5, 0.6) is 0 Å². The normalized spacial score (nSPS) is 17.0. The van der Waals surface area contributed by atoms with E-state index < -0.39 is 5.91 Å². The van der Waals surface area contributed by atoms with Gasteiger partial charge in [-0.2, -0.15) is 0 Å². The maximum atomic E-state index is 11.8. The van der Waals surface area contributed by atoms with Gasteiger partial charge in [0.25, 0.3) is 5.91 Å². The van der Waals surface area contributed by atoms with E-state index in [9.17, 15) is 9.59 Å². The number of thiocarbonyl (C=S) groups is 1.